The second-order valence-electron chi connectivity index (χ2n) is 21.5. The maximum Gasteiger partial charge on any atom is 0.0502 e. The molecule has 5 aliphatic rings. The third-order valence-corrected chi connectivity index (χ3v) is 16.9. The van der Waals surface area contributed by atoms with E-state index in [9.17, 15) is 0 Å². The Morgan fingerprint density at radius 2 is 1.08 bits per heavy atom. The van der Waals surface area contributed by atoms with E-state index < -0.39 is 0 Å². The molecule has 2 aliphatic heterocycles. The number of allylic oxidation sites excluding steroid dienone is 11. The third kappa shape index (κ3) is 6.41. The quantitative estimate of drug-likeness (QED) is 0.159. The van der Waals surface area contributed by atoms with E-state index in [0.717, 1.165) is 24.9 Å². The second-order valence-corrected chi connectivity index (χ2v) is 21.5. The molecule has 1 atom stereocenters. The van der Waals surface area contributed by atoms with Gasteiger partial charge < -0.3 is 9.80 Å². The fourth-order valence-electron chi connectivity index (χ4n) is 13.3. The predicted octanol–water partition coefficient (Wildman–Crippen LogP) is 18.9. The molecule has 9 aromatic rings. The molecular weight excluding hydrogens is 869 g/mol. The summed E-state index contributed by atoms with van der Waals surface area (Å²) < 4.78 is 0. The topological polar surface area (TPSA) is 6.48 Å². The van der Waals surface area contributed by atoms with E-state index in [2.05, 4.69) is 262 Å². The van der Waals surface area contributed by atoms with Crippen LogP contribution < -0.4 is 9.80 Å². The molecular formula is C70H56N2. The Balaban J connectivity index is 1.08. The highest BCUT2D eigenvalue weighted by molar-refractivity contribution is 6.22. The van der Waals surface area contributed by atoms with Crippen LogP contribution in [-0.2, 0) is 10.8 Å². The first kappa shape index (κ1) is 42.7. The number of anilines is 5. The van der Waals surface area contributed by atoms with Gasteiger partial charge in [-0.15, -0.1) is 0 Å². The van der Waals surface area contributed by atoms with Gasteiger partial charge in [-0.1, -0.05) is 204 Å². The average molecular weight is 925 g/mol. The van der Waals surface area contributed by atoms with Gasteiger partial charge >= 0.3 is 0 Å². The lowest BCUT2D eigenvalue weighted by Crippen LogP contribution is -2.34. The standard InChI is InChI=1S/C70H56N2/c1-69(2)59-25-10-14-29-63(59)71(64-30-15-11-26-60(64)69)51-38-40-56-57(43-51)67(50-36-35-48-41-47(33-34-49(48)42-50)45-19-6-5-7-20-45)55-39-37-52(44-58(55)68(56)54-24-18-22-46-21-8-9-23-53(46)54)72-65-31-16-12-27-61(65)70(3,4)62-28-13-17-32-66(62)72/h5-12,14-27,29-41,43-44,49H,13,28,42H2,1-4H3. The Morgan fingerprint density at radius 3 is 1.82 bits per heavy atom. The number of benzene rings is 9. The van der Waals surface area contributed by atoms with E-state index >= 15 is 0 Å². The molecule has 2 nitrogen and oxygen atoms in total. The second kappa shape index (κ2) is 16.2. The molecule has 346 valence electrons. The molecule has 1 unspecified atom stereocenters. The Morgan fingerprint density at radius 1 is 0.486 bits per heavy atom. The normalized spacial score (nSPS) is 18.2. The highest BCUT2D eigenvalue weighted by atomic mass is 15.2. The summed E-state index contributed by atoms with van der Waals surface area (Å²) in [4.78, 5) is 5.09. The van der Waals surface area contributed by atoms with Crippen LogP contribution >= 0.6 is 0 Å². The summed E-state index contributed by atoms with van der Waals surface area (Å²) >= 11 is 0. The molecule has 14 rings (SSSR count). The van der Waals surface area contributed by atoms with Gasteiger partial charge in [0.25, 0.3) is 0 Å². The van der Waals surface area contributed by atoms with Crippen LogP contribution in [0, 0.1) is 5.92 Å². The van der Waals surface area contributed by atoms with E-state index in [1.54, 1.807) is 0 Å². The molecule has 0 fully saturated rings. The number of hydrogen-bond donors (Lipinski definition) is 0. The van der Waals surface area contributed by atoms with Gasteiger partial charge in [-0.05, 0) is 161 Å². The Hall–Kier alpha value is -8.20. The molecule has 9 aromatic carbocycles. The summed E-state index contributed by atoms with van der Waals surface area (Å²) in [7, 11) is 0. The smallest absolute Gasteiger partial charge is 0.0502 e. The van der Waals surface area contributed by atoms with Crippen molar-refractivity contribution in [1.29, 1.82) is 0 Å². The van der Waals surface area contributed by atoms with Crippen molar-refractivity contribution in [2.75, 3.05) is 9.80 Å². The first-order valence-corrected chi connectivity index (χ1v) is 25.9. The first-order chi connectivity index (χ1) is 35.2. The van der Waals surface area contributed by atoms with Gasteiger partial charge in [0.15, 0.2) is 0 Å². The highest BCUT2D eigenvalue weighted by Crippen LogP contribution is 2.56. The van der Waals surface area contributed by atoms with E-state index in [4.69, 9.17) is 0 Å². The summed E-state index contributed by atoms with van der Waals surface area (Å²) in [5.41, 5.74) is 21.8. The van der Waals surface area contributed by atoms with Gasteiger partial charge in [0.2, 0.25) is 0 Å². The van der Waals surface area contributed by atoms with E-state index in [0.29, 0.717) is 0 Å². The minimum Gasteiger partial charge on any atom is -0.310 e. The van der Waals surface area contributed by atoms with Crippen molar-refractivity contribution in [3.8, 4) is 11.1 Å². The lowest BCUT2D eigenvalue weighted by atomic mass is 9.70. The first-order valence-electron chi connectivity index (χ1n) is 25.9. The summed E-state index contributed by atoms with van der Waals surface area (Å²) in [5, 5.41) is 7.56. The van der Waals surface area contributed by atoms with Gasteiger partial charge in [0.1, 0.15) is 0 Å². The van der Waals surface area contributed by atoms with Gasteiger partial charge in [0, 0.05) is 33.8 Å². The van der Waals surface area contributed by atoms with Crippen LogP contribution in [0.2, 0.25) is 0 Å². The number of hydrogen-bond acceptors (Lipinski definition) is 2. The fourth-order valence-corrected chi connectivity index (χ4v) is 13.3. The van der Waals surface area contributed by atoms with Crippen LogP contribution in [-0.4, -0.2) is 0 Å². The monoisotopic (exact) mass is 924 g/mol. The number of fused-ring (bicyclic) bond motifs is 7. The van der Waals surface area contributed by atoms with Crippen molar-refractivity contribution < 1.29 is 0 Å². The predicted molar refractivity (Wildman–Crippen MR) is 306 cm³/mol. The molecule has 0 N–H and O–H groups in total. The average Bonchev–Trinajstić information content (AvgIpc) is 3.43. The summed E-state index contributed by atoms with van der Waals surface area (Å²) in [6.45, 7) is 9.58. The summed E-state index contributed by atoms with van der Waals surface area (Å²) in [6, 6.07) is 68.5. The molecule has 0 aromatic heterocycles. The van der Waals surface area contributed by atoms with Gasteiger partial charge in [-0.3, -0.25) is 0 Å². The molecule has 0 bridgehead atoms. The Kier molecular flexibility index (Phi) is 9.58. The number of para-hydroxylation sites is 3. The zero-order chi connectivity index (χ0) is 48.3. The number of rotatable bonds is 5. The highest BCUT2D eigenvalue weighted by Gasteiger charge is 2.40. The lowest BCUT2D eigenvalue weighted by Gasteiger charge is -2.44. The third-order valence-electron chi connectivity index (χ3n) is 16.9. The molecule has 72 heavy (non-hydrogen) atoms. The Labute approximate surface area is 423 Å². The Bertz CT molecular complexity index is 3910. The van der Waals surface area contributed by atoms with Crippen molar-refractivity contribution in [2.24, 2.45) is 5.92 Å². The zero-order valence-corrected chi connectivity index (χ0v) is 41.5. The van der Waals surface area contributed by atoms with Crippen LogP contribution in [0.25, 0.3) is 54.6 Å². The minimum absolute atomic E-state index is 0.0746. The maximum atomic E-state index is 2.57. The SMILES string of the molecule is CC1(C)C2=C(C=CCC2)N(c2ccc3c(C4=CC=C5C=C(c6ccccc6)C=CC5C4)c4cc(N5c6ccccc6C(C)(C)c6ccccc65)ccc4c(-c4cccc5ccccc45)c3c2)c2ccccc21. The van der Waals surface area contributed by atoms with Crippen molar-refractivity contribution in [2.45, 2.75) is 57.8 Å². The molecule has 0 spiro atoms. The molecule has 0 radical (unpaired) electrons. The van der Waals surface area contributed by atoms with Crippen molar-refractivity contribution in [1.82, 2.24) is 0 Å². The fraction of sp³-hybridized carbons (Fsp3) is 0.143. The summed E-state index contributed by atoms with van der Waals surface area (Å²) in [5.74, 6) is 0.266. The van der Waals surface area contributed by atoms with Crippen LogP contribution in [0.1, 0.15) is 74.8 Å². The largest absolute Gasteiger partial charge is 0.310 e. The van der Waals surface area contributed by atoms with Gasteiger partial charge in [-0.25, -0.2) is 0 Å². The lowest BCUT2D eigenvalue weighted by molar-refractivity contribution is 0.571. The van der Waals surface area contributed by atoms with Crippen LogP contribution in [0.15, 0.2) is 241 Å². The van der Waals surface area contributed by atoms with Crippen molar-refractivity contribution in [3.05, 3.63) is 269 Å². The van der Waals surface area contributed by atoms with E-state index in [1.807, 2.05) is 0 Å². The van der Waals surface area contributed by atoms with Gasteiger partial charge in [-0.2, -0.15) is 0 Å². The maximum absolute atomic E-state index is 2.57. The molecule has 0 amide bonds. The minimum atomic E-state index is -0.157. The van der Waals surface area contributed by atoms with Crippen molar-refractivity contribution >= 4 is 71.9 Å². The van der Waals surface area contributed by atoms with E-state index in [-0.39, 0.29) is 16.7 Å². The van der Waals surface area contributed by atoms with Crippen LogP contribution in [0.5, 0.6) is 0 Å². The van der Waals surface area contributed by atoms with Gasteiger partial charge in [0.05, 0.1) is 17.1 Å². The summed E-state index contributed by atoms with van der Waals surface area (Å²) in [6.07, 6.45) is 19.8. The molecule has 0 saturated heterocycles. The zero-order valence-electron chi connectivity index (χ0n) is 41.5. The van der Waals surface area contributed by atoms with Crippen molar-refractivity contribution in [3.63, 3.8) is 0 Å². The van der Waals surface area contributed by atoms with Crippen LogP contribution in [0.3, 0.4) is 0 Å². The molecule has 0 saturated carbocycles. The number of nitrogens with zero attached hydrogens (tertiary/aromatic N) is 2. The van der Waals surface area contributed by atoms with Crippen LogP contribution in [0.4, 0.5) is 28.4 Å². The van der Waals surface area contributed by atoms with E-state index in [1.165, 1.54) is 122 Å². The molecule has 2 heterocycles. The molecule has 3 aliphatic carbocycles. The molecule has 2 heteroatoms.